The van der Waals surface area contributed by atoms with Gasteiger partial charge in [-0.05, 0) is 37.8 Å². The lowest BCUT2D eigenvalue weighted by Crippen LogP contribution is -2.63. The molecule has 2 atom stereocenters. The van der Waals surface area contributed by atoms with Gasteiger partial charge in [0.15, 0.2) is 0 Å². The summed E-state index contributed by atoms with van der Waals surface area (Å²) in [5.41, 5.74) is 1.65. The number of hydrogen-bond donors (Lipinski definition) is 1. The minimum absolute atomic E-state index is 0.0572. The van der Waals surface area contributed by atoms with Crippen LogP contribution in [0.3, 0.4) is 0 Å². The SMILES string of the molecule is Cc1cncc(N2C(=O)C(CC(C)C)NC(=O)C2C)c1. The molecule has 5 nitrogen and oxygen atoms in total. The molecule has 108 valence electrons. The van der Waals surface area contributed by atoms with Crippen molar-refractivity contribution < 1.29 is 9.59 Å². The van der Waals surface area contributed by atoms with E-state index in [4.69, 9.17) is 0 Å². The zero-order chi connectivity index (χ0) is 14.9. The van der Waals surface area contributed by atoms with Crippen LogP contribution in [0, 0.1) is 12.8 Å². The van der Waals surface area contributed by atoms with E-state index < -0.39 is 12.1 Å². The Morgan fingerprint density at radius 1 is 1.35 bits per heavy atom. The second kappa shape index (κ2) is 5.61. The van der Waals surface area contributed by atoms with E-state index in [2.05, 4.69) is 10.3 Å². The number of carbonyl (C=O) groups is 2. The standard InChI is InChI=1S/C15H21N3O2/c1-9(2)5-13-15(20)18(11(4)14(19)17-13)12-6-10(3)7-16-8-12/h6-9,11,13H,5H2,1-4H3,(H,17,19). The van der Waals surface area contributed by atoms with Gasteiger partial charge >= 0.3 is 0 Å². The second-order valence-corrected chi connectivity index (χ2v) is 5.80. The van der Waals surface area contributed by atoms with Gasteiger partial charge in [0.2, 0.25) is 11.8 Å². The average Bonchev–Trinajstić information content (AvgIpc) is 2.36. The van der Waals surface area contributed by atoms with E-state index in [1.54, 1.807) is 24.2 Å². The number of anilines is 1. The van der Waals surface area contributed by atoms with E-state index in [1.165, 1.54) is 0 Å². The van der Waals surface area contributed by atoms with Crippen molar-refractivity contribution in [2.75, 3.05) is 4.90 Å². The number of aryl methyl sites for hydroxylation is 1. The molecule has 20 heavy (non-hydrogen) atoms. The summed E-state index contributed by atoms with van der Waals surface area (Å²) in [6.07, 6.45) is 4.01. The summed E-state index contributed by atoms with van der Waals surface area (Å²) in [6, 6.07) is 0.931. The van der Waals surface area contributed by atoms with E-state index in [0.29, 0.717) is 18.0 Å². The van der Waals surface area contributed by atoms with Crippen molar-refractivity contribution in [2.45, 2.75) is 46.2 Å². The van der Waals surface area contributed by atoms with Crippen LogP contribution in [0.5, 0.6) is 0 Å². The fourth-order valence-corrected chi connectivity index (χ4v) is 2.48. The molecule has 1 fully saturated rings. The van der Waals surface area contributed by atoms with Crippen molar-refractivity contribution in [3.8, 4) is 0 Å². The molecule has 0 aromatic carbocycles. The molecular weight excluding hydrogens is 254 g/mol. The van der Waals surface area contributed by atoms with Gasteiger partial charge in [-0.25, -0.2) is 0 Å². The van der Waals surface area contributed by atoms with Gasteiger partial charge in [0, 0.05) is 6.20 Å². The first-order chi connectivity index (χ1) is 9.40. The summed E-state index contributed by atoms with van der Waals surface area (Å²) in [7, 11) is 0. The Bertz CT molecular complexity index is 528. The van der Waals surface area contributed by atoms with Crippen LogP contribution in [0.4, 0.5) is 5.69 Å². The lowest BCUT2D eigenvalue weighted by atomic mass is 9.98. The highest BCUT2D eigenvalue weighted by molar-refractivity contribution is 6.08. The molecule has 0 saturated carbocycles. The molecule has 2 heterocycles. The van der Waals surface area contributed by atoms with Crippen LogP contribution in [-0.4, -0.2) is 28.9 Å². The fourth-order valence-electron chi connectivity index (χ4n) is 2.48. The molecule has 0 radical (unpaired) electrons. The summed E-state index contributed by atoms with van der Waals surface area (Å²) in [4.78, 5) is 30.4. The summed E-state index contributed by atoms with van der Waals surface area (Å²) in [6.45, 7) is 7.73. The fraction of sp³-hybridized carbons (Fsp3) is 0.533. The molecule has 1 N–H and O–H groups in total. The first-order valence-electron chi connectivity index (χ1n) is 6.95. The lowest BCUT2D eigenvalue weighted by molar-refractivity contribution is -0.133. The highest BCUT2D eigenvalue weighted by Gasteiger charge is 2.39. The number of amides is 2. The molecule has 0 bridgehead atoms. The normalized spacial score (nSPS) is 23.1. The zero-order valence-corrected chi connectivity index (χ0v) is 12.4. The third-order valence-electron chi connectivity index (χ3n) is 3.46. The van der Waals surface area contributed by atoms with Gasteiger partial charge in [-0.3, -0.25) is 19.5 Å². The Kier molecular flexibility index (Phi) is 4.06. The number of hydrogen-bond acceptors (Lipinski definition) is 3. The Labute approximate surface area is 119 Å². The molecule has 1 saturated heterocycles. The maximum Gasteiger partial charge on any atom is 0.250 e. The van der Waals surface area contributed by atoms with Crippen molar-refractivity contribution in [1.82, 2.24) is 10.3 Å². The number of carbonyl (C=O) groups excluding carboxylic acids is 2. The average molecular weight is 275 g/mol. The Balaban J connectivity index is 2.33. The van der Waals surface area contributed by atoms with Crippen molar-refractivity contribution in [3.63, 3.8) is 0 Å². The molecule has 2 rings (SSSR count). The minimum Gasteiger partial charge on any atom is -0.342 e. The van der Waals surface area contributed by atoms with E-state index in [9.17, 15) is 9.59 Å². The molecule has 2 amide bonds. The van der Waals surface area contributed by atoms with Gasteiger partial charge in [-0.2, -0.15) is 0 Å². The van der Waals surface area contributed by atoms with Gasteiger partial charge in [0.1, 0.15) is 12.1 Å². The van der Waals surface area contributed by atoms with Crippen LogP contribution >= 0.6 is 0 Å². The van der Waals surface area contributed by atoms with Gasteiger partial charge in [-0.1, -0.05) is 13.8 Å². The summed E-state index contributed by atoms with van der Waals surface area (Å²) >= 11 is 0. The monoisotopic (exact) mass is 275 g/mol. The topological polar surface area (TPSA) is 62.3 Å². The summed E-state index contributed by atoms with van der Waals surface area (Å²) < 4.78 is 0. The first kappa shape index (κ1) is 14.5. The first-order valence-corrected chi connectivity index (χ1v) is 6.95. The van der Waals surface area contributed by atoms with Crippen LogP contribution in [0.25, 0.3) is 0 Å². The number of pyridine rings is 1. The van der Waals surface area contributed by atoms with Crippen LogP contribution in [0.1, 0.15) is 32.8 Å². The zero-order valence-electron chi connectivity index (χ0n) is 12.4. The summed E-state index contributed by atoms with van der Waals surface area (Å²) in [5.74, 6) is 0.171. The van der Waals surface area contributed by atoms with Gasteiger partial charge in [0.05, 0.1) is 11.9 Å². The maximum atomic E-state index is 12.6. The molecule has 2 unspecified atom stereocenters. The molecular formula is C15H21N3O2. The van der Waals surface area contributed by atoms with Gasteiger partial charge < -0.3 is 5.32 Å². The molecule has 1 aromatic rings. The molecule has 1 aliphatic rings. The lowest BCUT2D eigenvalue weighted by Gasteiger charge is -2.37. The van der Waals surface area contributed by atoms with Crippen molar-refractivity contribution in [2.24, 2.45) is 5.92 Å². The predicted molar refractivity (Wildman–Crippen MR) is 77.3 cm³/mol. The highest BCUT2D eigenvalue weighted by Crippen LogP contribution is 2.23. The van der Waals surface area contributed by atoms with E-state index in [1.807, 2.05) is 26.8 Å². The van der Waals surface area contributed by atoms with Gasteiger partial charge in [0.25, 0.3) is 0 Å². The number of aromatic nitrogens is 1. The summed E-state index contributed by atoms with van der Waals surface area (Å²) in [5, 5.41) is 2.81. The molecule has 5 heteroatoms. The smallest absolute Gasteiger partial charge is 0.250 e. The Hall–Kier alpha value is -1.91. The number of piperazine rings is 1. The molecule has 0 aliphatic carbocycles. The minimum atomic E-state index is -0.505. The van der Waals surface area contributed by atoms with E-state index >= 15 is 0 Å². The maximum absolute atomic E-state index is 12.6. The van der Waals surface area contributed by atoms with Crippen LogP contribution in [-0.2, 0) is 9.59 Å². The van der Waals surface area contributed by atoms with Crippen LogP contribution in [0.2, 0.25) is 0 Å². The second-order valence-electron chi connectivity index (χ2n) is 5.80. The third-order valence-corrected chi connectivity index (χ3v) is 3.46. The Morgan fingerprint density at radius 2 is 2.05 bits per heavy atom. The largest absolute Gasteiger partial charge is 0.342 e. The van der Waals surface area contributed by atoms with Crippen LogP contribution in [0.15, 0.2) is 18.5 Å². The Morgan fingerprint density at radius 3 is 2.65 bits per heavy atom. The van der Waals surface area contributed by atoms with E-state index in [-0.39, 0.29) is 11.8 Å². The third kappa shape index (κ3) is 2.81. The van der Waals surface area contributed by atoms with E-state index in [0.717, 1.165) is 5.56 Å². The molecule has 0 spiro atoms. The number of rotatable bonds is 3. The van der Waals surface area contributed by atoms with Crippen molar-refractivity contribution >= 4 is 17.5 Å². The quantitative estimate of drug-likeness (QED) is 0.912. The number of nitrogens with one attached hydrogen (secondary N) is 1. The van der Waals surface area contributed by atoms with Crippen molar-refractivity contribution in [3.05, 3.63) is 24.0 Å². The predicted octanol–water partition coefficient (Wildman–Crippen LogP) is 1.66. The number of nitrogens with zero attached hydrogens (tertiary/aromatic N) is 2. The molecule has 1 aromatic heterocycles. The highest BCUT2D eigenvalue weighted by atomic mass is 16.2. The van der Waals surface area contributed by atoms with Crippen molar-refractivity contribution in [1.29, 1.82) is 0 Å². The van der Waals surface area contributed by atoms with Gasteiger partial charge in [-0.15, -0.1) is 0 Å². The molecule has 1 aliphatic heterocycles. The van der Waals surface area contributed by atoms with Crippen LogP contribution < -0.4 is 10.2 Å².